The lowest BCUT2D eigenvalue weighted by molar-refractivity contribution is 0.671. The highest BCUT2D eigenvalue weighted by molar-refractivity contribution is 5.00. The fourth-order valence-corrected chi connectivity index (χ4v) is 1.27. The van der Waals surface area contributed by atoms with Gasteiger partial charge >= 0.3 is 0 Å². The molecule has 2 aromatic rings. The summed E-state index contributed by atoms with van der Waals surface area (Å²) in [5, 5.41) is 3.27. The van der Waals surface area contributed by atoms with Crippen molar-refractivity contribution >= 4 is 0 Å². The van der Waals surface area contributed by atoms with Gasteiger partial charge in [-0.1, -0.05) is 0 Å². The molecule has 3 N–H and O–H groups in total. The lowest BCUT2D eigenvalue weighted by Crippen LogP contribution is -2.13. The maximum absolute atomic E-state index is 4.12. The van der Waals surface area contributed by atoms with E-state index in [1.807, 2.05) is 19.3 Å². The zero-order chi connectivity index (χ0) is 9.80. The Bertz CT molecular complexity index is 376. The van der Waals surface area contributed by atoms with Gasteiger partial charge in [-0.2, -0.15) is 0 Å². The van der Waals surface area contributed by atoms with Crippen molar-refractivity contribution < 1.29 is 0 Å². The number of aryl methyl sites for hydroxylation is 1. The Balaban J connectivity index is 1.78. The molecule has 0 saturated heterocycles. The van der Waals surface area contributed by atoms with Gasteiger partial charge in [-0.3, -0.25) is 0 Å². The van der Waals surface area contributed by atoms with Gasteiger partial charge in [0, 0.05) is 36.9 Å². The van der Waals surface area contributed by atoms with E-state index in [0.29, 0.717) is 0 Å². The van der Waals surface area contributed by atoms with Crippen LogP contribution in [-0.4, -0.2) is 19.9 Å². The van der Waals surface area contributed by atoms with Crippen molar-refractivity contribution in [2.45, 2.75) is 20.0 Å². The van der Waals surface area contributed by atoms with E-state index in [1.165, 1.54) is 0 Å². The third kappa shape index (κ3) is 2.20. The molecule has 0 atom stereocenters. The average Bonchev–Trinajstić information content (AvgIpc) is 2.77. The smallest absolute Gasteiger partial charge is 0.103 e. The third-order valence-corrected chi connectivity index (χ3v) is 1.94. The molecule has 0 aliphatic heterocycles. The molecule has 2 aromatic heterocycles. The highest BCUT2D eigenvalue weighted by atomic mass is 15.0. The molecule has 0 aromatic carbocycles. The van der Waals surface area contributed by atoms with Crippen molar-refractivity contribution in [1.82, 2.24) is 25.3 Å². The molecule has 0 spiro atoms. The minimum Gasteiger partial charge on any atom is -0.347 e. The van der Waals surface area contributed by atoms with E-state index in [0.717, 1.165) is 30.3 Å². The summed E-state index contributed by atoms with van der Waals surface area (Å²) in [5.41, 5.74) is 2.18. The zero-order valence-corrected chi connectivity index (χ0v) is 8.04. The van der Waals surface area contributed by atoms with E-state index in [9.17, 15) is 0 Å². The molecule has 5 nitrogen and oxygen atoms in total. The van der Waals surface area contributed by atoms with Crippen LogP contribution in [0, 0.1) is 6.92 Å². The van der Waals surface area contributed by atoms with Crippen LogP contribution in [0.2, 0.25) is 0 Å². The van der Waals surface area contributed by atoms with Crippen LogP contribution >= 0.6 is 0 Å². The third-order valence-electron chi connectivity index (χ3n) is 1.94. The van der Waals surface area contributed by atoms with E-state index in [2.05, 4.69) is 25.3 Å². The lowest BCUT2D eigenvalue weighted by atomic mass is 10.4. The fraction of sp³-hybridized carbons (Fsp3) is 0.333. The molecule has 2 heterocycles. The van der Waals surface area contributed by atoms with E-state index >= 15 is 0 Å². The second kappa shape index (κ2) is 4.06. The molecule has 14 heavy (non-hydrogen) atoms. The van der Waals surface area contributed by atoms with Gasteiger partial charge in [0.25, 0.3) is 0 Å². The van der Waals surface area contributed by atoms with Gasteiger partial charge in [-0.05, 0) is 6.92 Å². The predicted molar refractivity (Wildman–Crippen MR) is 52.5 cm³/mol. The Labute approximate surface area is 82.0 Å². The molecular weight excluding hydrogens is 178 g/mol. The van der Waals surface area contributed by atoms with Crippen molar-refractivity contribution in [2.24, 2.45) is 0 Å². The van der Waals surface area contributed by atoms with E-state index in [1.54, 1.807) is 6.33 Å². The topological polar surface area (TPSA) is 69.4 Å². The summed E-state index contributed by atoms with van der Waals surface area (Å²) in [6.45, 7) is 3.52. The summed E-state index contributed by atoms with van der Waals surface area (Å²) in [6, 6.07) is 0. The SMILES string of the molecule is Cc1ncc(CNCc2cnc[nH]2)[nH]1. The first-order chi connectivity index (χ1) is 6.84. The van der Waals surface area contributed by atoms with Crippen LogP contribution in [0.4, 0.5) is 0 Å². The normalized spacial score (nSPS) is 10.6. The van der Waals surface area contributed by atoms with Crippen LogP contribution < -0.4 is 5.32 Å². The van der Waals surface area contributed by atoms with Gasteiger partial charge in [0.1, 0.15) is 5.82 Å². The number of imidazole rings is 2. The van der Waals surface area contributed by atoms with E-state index in [-0.39, 0.29) is 0 Å². The summed E-state index contributed by atoms with van der Waals surface area (Å²) < 4.78 is 0. The number of nitrogens with one attached hydrogen (secondary N) is 3. The fourth-order valence-electron chi connectivity index (χ4n) is 1.27. The number of H-pyrrole nitrogens is 2. The molecular formula is C9H13N5. The molecule has 74 valence electrons. The summed E-state index contributed by atoms with van der Waals surface area (Å²) in [6.07, 6.45) is 5.33. The van der Waals surface area contributed by atoms with Gasteiger partial charge in [0.05, 0.1) is 6.33 Å². The molecule has 0 saturated carbocycles. The van der Waals surface area contributed by atoms with Crippen molar-refractivity contribution in [3.05, 3.63) is 35.9 Å². The number of nitrogens with zero attached hydrogens (tertiary/aromatic N) is 2. The van der Waals surface area contributed by atoms with Crippen LogP contribution in [0.3, 0.4) is 0 Å². The Morgan fingerprint density at radius 1 is 1.29 bits per heavy atom. The van der Waals surface area contributed by atoms with Gasteiger partial charge in [-0.25, -0.2) is 9.97 Å². The minimum atomic E-state index is 0.790. The second-order valence-electron chi connectivity index (χ2n) is 3.17. The number of aromatic nitrogens is 4. The molecule has 0 amide bonds. The van der Waals surface area contributed by atoms with Gasteiger partial charge in [-0.15, -0.1) is 0 Å². The number of rotatable bonds is 4. The molecule has 0 aliphatic rings. The largest absolute Gasteiger partial charge is 0.347 e. The predicted octanol–water partition coefficient (Wildman–Crippen LogP) is 0.731. The second-order valence-corrected chi connectivity index (χ2v) is 3.17. The summed E-state index contributed by atoms with van der Waals surface area (Å²) in [7, 11) is 0. The van der Waals surface area contributed by atoms with Crippen molar-refractivity contribution in [1.29, 1.82) is 0 Å². The average molecular weight is 191 g/mol. The first-order valence-corrected chi connectivity index (χ1v) is 4.53. The van der Waals surface area contributed by atoms with Crippen LogP contribution in [-0.2, 0) is 13.1 Å². The monoisotopic (exact) mass is 191 g/mol. The number of hydrogen-bond donors (Lipinski definition) is 3. The Morgan fingerprint density at radius 2 is 2.14 bits per heavy atom. The quantitative estimate of drug-likeness (QED) is 0.667. The Hall–Kier alpha value is -1.62. The first kappa shape index (κ1) is 8.96. The Kier molecular flexibility index (Phi) is 2.60. The van der Waals surface area contributed by atoms with Crippen LogP contribution in [0.15, 0.2) is 18.7 Å². The molecule has 0 bridgehead atoms. The molecule has 0 radical (unpaired) electrons. The number of aromatic amines is 2. The molecule has 5 heteroatoms. The van der Waals surface area contributed by atoms with Crippen molar-refractivity contribution in [2.75, 3.05) is 0 Å². The molecule has 0 aliphatic carbocycles. The zero-order valence-electron chi connectivity index (χ0n) is 8.04. The maximum atomic E-state index is 4.12. The molecule has 0 unspecified atom stereocenters. The maximum Gasteiger partial charge on any atom is 0.103 e. The number of hydrogen-bond acceptors (Lipinski definition) is 3. The van der Waals surface area contributed by atoms with Gasteiger partial charge in [0.15, 0.2) is 0 Å². The van der Waals surface area contributed by atoms with Crippen molar-refractivity contribution in [3.63, 3.8) is 0 Å². The van der Waals surface area contributed by atoms with E-state index < -0.39 is 0 Å². The van der Waals surface area contributed by atoms with E-state index in [4.69, 9.17) is 0 Å². The van der Waals surface area contributed by atoms with Gasteiger partial charge in [0.2, 0.25) is 0 Å². The summed E-state index contributed by atoms with van der Waals surface area (Å²) in [5.74, 6) is 0.948. The highest BCUT2D eigenvalue weighted by Crippen LogP contribution is 1.96. The highest BCUT2D eigenvalue weighted by Gasteiger charge is 1.96. The molecule has 2 rings (SSSR count). The summed E-state index contributed by atoms with van der Waals surface area (Å²) >= 11 is 0. The lowest BCUT2D eigenvalue weighted by Gasteiger charge is -1.99. The standard InChI is InChI=1S/C9H13N5/c1-7-12-5-9(14-7)4-10-2-8-3-11-6-13-8/h3,5-6,10H,2,4H2,1H3,(H,11,13)(H,12,14). The minimum absolute atomic E-state index is 0.790. The van der Waals surface area contributed by atoms with Crippen LogP contribution in [0.5, 0.6) is 0 Å². The van der Waals surface area contributed by atoms with Crippen LogP contribution in [0.1, 0.15) is 17.2 Å². The van der Waals surface area contributed by atoms with Gasteiger partial charge < -0.3 is 15.3 Å². The van der Waals surface area contributed by atoms with Crippen LogP contribution in [0.25, 0.3) is 0 Å². The van der Waals surface area contributed by atoms with Crippen molar-refractivity contribution in [3.8, 4) is 0 Å². The first-order valence-electron chi connectivity index (χ1n) is 4.53. The summed E-state index contributed by atoms with van der Waals surface area (Å²) in [4.78, 5) is 14.2. The Morgan fingerprint density at radius 3 is 2.79 bits per heavy atom. The molecule has 0 fully saturated rings.